The van der Waals surface area contributed by atoms with Gasteiger partial charge in [0.05, 0.1) is 13.2 Å². The average Bonchev–Trinajstić information content (AvgIpc) is 2.80. The van der Waals surface area contributed by atoms with Crippen LogP contribution < -0.4 is 14.8 Å². The molecule has 0 aromatic heterocycles. The second kappa shape index (κ2) is 16.2. The Bertz CT molecular complexity index is 882. The molecule has 0 bridgehead atoms. The van der Waals surface area contributed by atoms with E-state index in [1.165, 1.54) is 5.56 Å². The number of carbonyl (C=O) groups excluding carboxylic acids is 1. The molecular formula is C27H39Br2N3O3. The second-order valence-corrected chi connectivity index (χ2v) is 10.8. The summed E-state index contributed by atoms with van der Waals surface area (Å²) < 4.78 is 13.7. The first-order valence-corrected chi connectivity index (χ1v) is 13.7. The molecule has 2 aromatic carbocycles. The Labute approximate surface area is 227 Å². The van der Waals surface area contributed by atoms with Crippen molar-refractivity contribution in [3.05, 3.63) is 56.5 Å². The van der Waals surface area contributed by atoms with Gasteiger partial charge >= 0.3 is 0 Å². The molecule has 194 valence electrons. The minimum absolute atomic E-state index is 0.0599. The lowest BCUT2D eigenvalue weighted by molar-refractivity contribution is -0.121. The fourth-order valence-electron chi connectivity index (χ4n) is 3.40. The Morgan fingerprint density at radius 1 is 0.829 bits per heavy atom. The third-order valence-corrected chi connectivity index (χ3v) is 6.83. The number of rotatable bonds is 16. The van der Waals surface area contributed by atoms with Crippen LogP contribution in [0.15, 0.2) is 45.3 Å². The van der Waals surface area contributed by atoms with Gasteiger partial charge in [0.1, 0.15) is 11.5 Å². The molecule has 2 aromatic rings. The van der Waals surface area contributed by atoms with Crippen LogP contribution >= 0.6 is 31.9 Å². The molecule has 0 aliphatic carbocycles. The normalized spacial score (nSPS) is 11.2. The van der Waals surface area contributed by atoms with Crippen molar-refractivity contribution in [1.82, 2.24) is 15.1 Å². The Morgan fingerprint density at radius 3 is 2.06 bits per heavy atom. The van der Waals surface area contributed by atoms with E-state index in [1.54, 1.807) is 0 Å². The summed E-state index contributed by atoms with van der Waals surface area (Å²) in [6.07, 6.45) is 3.89. The molecule has 6 nitrogen and oxygen atoms in total. The van der Waals surface area contributed by atoms with Gasteiger partial charge in [-0.25, -0.2) is 0 Å². The highest BCUT2D eigenvalue weighted by molar-refractivity contribution is 9.11. The molecule has 0 aliphatic rings. The maximum absolute atomic E-state index is 12.2. The highest BCUT2D eigenvalue weighted by atomic mass is 79.9. The molecule has 1 amide bonds. The fraction of sp³-hybridized carbons (Fsp3) is 0.519. The summed E-state index contributed by atoms with van der Waals surface area (Å²) in [5.74, 6) is 1.75. The quantitative estimate of drug-likeness (QED) is 0.265. The number of nitrogens with zero attached hydrogens (tertiary/aromatic N) is 2. The summed E-state index contributed by atoms with van der Waals surface area (Å²) in [6.45, 7) is 3.85. The molecule has 0 aliphatic heterocycles. The molecule has 0 radical (unpaired) electrons. The summed E-state index contributed by atoms with van der Waals surface area (Å²) >= 11 is 7.31. The molecule has 0 saturated carbocycles. The van der Waals surface area contributed by atoms with Gasteiger partial charge in [-0.15, -0.1) is 0 Å². The van der Waals surface area contributed by atoms with Gasteiger partial charge in [-0.3, -0.25) is 4.79 Å². The molecule has 0 fully saturated rings. The molecule has 0 heterocycles. The van der Waals surface area contributed by atoms with Crippen molar-refractivity contribution in [3.8, 4) is 11.5 Å². The van der Waals surface area contributed by atoms with E-state index in [9.17, 15) is 4.79 Å². The monoisotopic (exact) mass is 611 g/mol. The van der Waals surface area contributed by atoms with Crippen molar-refractivity contribution in [1.29, 1.82) is 0 Å². The van der Waals surface area contributed by atoms with Crippen molar-refractivity contribution in [2.75, 3.05) is 61.0 Å². The van der Waals surface area contributed by atoms with Crippen LogP contribution in [0.1, 0.15) is 30.4 Å². The van der Waals surface area contributed by atoms with Gasteiger partial charge in [-0.05, 0) is 89.3 Å². The molecule has 0 unspecified atom stereocenters. The van der Waals surface area contributed by atoms with Crippen molar-refractivity contribution < 1.29 is 14.3 Å². The van der Waals surface area contributed by atoms with E-state index in [4.69, 9.17) is 9.47 Å². The van der Waals surface area contributed by atoms with E-state index in [2.05, 4.69) is 75.2 Å². The van der Waals surface area contributed by atoms with E-state index in [0.717, 1.165) is 58.4 Å². The smallest absolute Gasteiger partial charge is 0.220 e. The zero-order chi connectivity index (χ0) is 25.6. The van der Waals surface area contributed by atoms with E-state index < -0.39 is 0 Å². The van der Waals surface area contributed by atoms with Crippen LogP contribution in [0.25, 0.3) is 0 Å². The van der Waals surface area contributed by atoms with Crippen molar-refractivity contribution in [2.24, 2.45) is 0 Å². The first-order valence-electron chi connectivity index (χ1n) is 12.1. The summed E-state index contributed by atoms with van der Waals surface area (Å²) in [7, 11) is 8.26. The van der Waals surface area contributed by atoms with Crippen LogP contribution in [0.5, 0.6) is 11.5 Å². The van der Waals surface area contributed by atoms with E-state index >= 15 is 0 Å². The summed E-state index contributed by atoms with van der Waals surface area (Å²) in [4.78, 5) is 16.5. The summed E-state index contributed by atoms with van der Waals surface area (Å²) in [5.41, 5.74) is 2.37. The zero-order valence-electron chi connectivity index (χ0n) is 21.4. The van der Waals surface area contributed by atoms with Gasteiger partial charge in [0.25, 0.3) is 0 Å². The lowest BCUT2D eigenvalue weighted by Crippen LogP contribution is -2.25. The highest BCUT2D eigenvalue weighted by Gasteiger charge is 2.09. The third kappa shape index (κ3) is 12.3. The molecule has 0 spiro atoms. The third-order valence-electron chi connectivity index (χ3n) is 5.42. The van der Waals surface area contributed by atoms with Crippen LogP contribution in [-0.4, -0.2) is 76.7 Å². The zero-order valence-corrected chi connectivity index (χ0v) is 24.6. The largest absolute Gasteiger partial charge is 0.494 e. The van der Waals surface area contributed by atoms with E-state index in [-0.39, 0.29) is 5.91 Å². The first-order chi connectivity index (χ1) is 16.7. The van der Waals surface area contributed by atoms with Crippen LogP contribution in [0, 0.1) is 0 Å². The van der Waals surface area contributed by atoms with Gasteiger partial charge in [-0.2, -0.15) is 0 Å². The molecular weight excluding hydrogens is 574 g/mol. The number of benzene rings is 2. The number of amides is 1. The number of aryl methyl sites for hydroxylation is 1. The molecule has 2 rings (SSSR count). The topological polar surface area (TPSA) is 54.0 Å². The highest BCUT2D eigenvalue weighted by Crippen LogP contribution is 2.31. The first kappa shape index (κ1) is 29.6. The maximum Gasteiger partial charge on any atom is 0.220 e. The minimum atomic E-state index is 0.0599. The van der Waals surface area contributed by atoms with Crippen molar-refractivity contribution >= 4 is 37.8 Å². The number of nitrogens with one attached hydrogen (secondary N) is 1. The molecule has 35 heavy (non-hydrogen) atoms. The minimum Gasteiger partial charge on any atom is -0.494 e. The number of halogens is 2. The van der Waals surface area contributed by atoms with Crippen molar-refractivity contribution in [3.63, 3.8) is 0 Å². The maximum atomic E-state index is 12.2. The number of likely N-dealkylation sites (N-methyl/N-ethyl adjacent to an activating group) is 1. The number of hydrogen-bond donors (Lipinski definition) is 1. The average molecular weight is 613 g/mol. The van der Waals surface area contributed by atoms with Crippen LogP contribution in [-0.2, 0) is 17.6 Å². The fourth-order valence-corrected chi connectivity index (χ4v) is 4.94. The number of carbonyl (C=O) groups is 1. The predicted molar refractivity (Wildman–Crippen MR) is 151 cm³/mol. The summed E-state index contributed by atoms with van der Waals surface area (Å²) in [5, 5.41) is 2.98. The lowest BCUT2D eigenvalue weighted by Gasteiger charge is -2.14. The molecule has 0 saturated heterocycles. The van der Waals surface area contributed by atoms with Crippen LogP contribution in [0.2, 0.25) is 0 Å². The van der Waals surface area contributed by atoms with E-state index in [1.807, 2.05) is 36.4 Å². The molecule has 8 heteroatoms. The van der Waals surface area contributed by atoms with Gasteiger partial charge in [0.2, 0.25) is 5.91 Å². The Kier molecular flexibility index (Phi) is 13.7. The number of ether oxygens (including phenoxy) is 2. The summed E-state index contributed by atoms with van der Waals surface area (Å²) in [6, 6.07) is 12.0. The Morgan fingerprint density at radius 2 is 1.43 bits per heavy atom. The standard InChI is InChI=1S/C27H39Br2N3O3/c1-31(2)15-6-18-34-22-10-7-21(8-11-22)9-12-27(33)30-14-5-17-35-23-19-25(28)24(26(29)20-23)13-16-32(3)4/h7-8,10-11,19-20H,5-6,9,12-18H2,1-4H3,(H,30,33). The van der Waals surface area contributed by atoms with Gasteiger partial charge in [-0.1, -0.05) is 44.0 Å². The Hall–Kier alpha value is -1.61. The molecule has 0 atom stereocenters. The van der Waals surface area contributed by atoms with Gasteiger partial charge in [0.15, 0.2) is 0 Å². The van der Waals surface area contributed by atoms with Crippen LogP contribution in [0.4, 0.5) is 0 Å². The van der Waals surface area contributed by atoms with Crippen LogP contribution in [0.3, 0.4) is 0 Å². The lowest BCUT2D eigenvalue weighted by atomic mass is 10.1. The SMILES string of the molecule is CN(C)CCCOc1ccc(CCC(=O)NCCCOc2cc(Br)c(CCN(C)C)c(Br)c2)cc1. The predicted octanol–water partition coefficient (Wildman–Crippen LogP) is 5.16. The number of hydrogen-bond acceptors (Lipinski definition) is 5. The molecule has 1 N–H and O–H groups in total. The van der Waals surface area contributed by atoms with E-state index in [0.29, 0.717) is 32.6 Å². The van der Waals surface area contributed by atoms with Gasteiger partial charge < -0.3 is 24.6 Å². The van der Waals surface area contributed by atoms with Crippen molar-refractivity contribution in [2.45, 2.75) is 32.1 Å². The van der Waals surface area contributed by atoms with Gasteiger partial charge in [0, 0.05) is 35.0 Å². The second-order valence-electron chi connectivity index (χ2n) is 9.12. The Balaban J connectivity index is 1.61.